The van der Waals surface area contributed by atoms with Gasteiger partial charge in [-0.15, -0.1) is 0 Å². The highest BCUT2D eigenvalue weighted by Crippen LogP contribution is 2.27. The van der Waals surface area contributed by atoms with Crippen LogP contribution in [0.4, 0.5) is 11.4 Å². The largest absolute Gasteiger partial charge is 0.494 e. The number of thiocarbonyl (C=S) groups is 1. The molecule has 0 fully saturated rings. The van der Waals surface area contributed by atoms with Crippen LogP contribution in [0.5, 0.6) is 5.75 Å². The molecule has 0 radical (unpaired) electrons. The van der Waals surface area contributed by atoms with Gasteiger partial charge in [-0.05, 0) is 74.6 Å². The van der Waals surface area contributed by atoms with Crippen molar-refractivity contribution in [1.29, 1.82) is 0 Å². The summed E-state index contributed by atoms with van der Waals surface area (Å²) in [5.74, 6) is 0.691. The number of nitrogens with zero attached hydrogens (tertiary/aromatic N) is 2. The van der Waals surface area contributed by atoms with E-state index in [4.69, 9.17) is 21.4 Å². The first-order chi connectivity index (χ1) is 16.4. The zero-order valence-corrected chi connectivity index (χ0v) is 19.1. The summed E-state index contributed by atoms with van der Waals surface area (Å²) in [6, 6.07) is 17.0. The van der Waals surface area contributed by atoms with E-state index < -0.39 is 10.8 Å². The third-order valence-electron chi connectivity index (χ3n) is 5.03. The first kappa shape index (κ1) is 22.9. The zero-order chi connectivity index (χ0) is 24.2. The number of carbonyl (C=O) groups excluding carboxylic acids is 1. The molecule has 0 aliphatic carbocycles. The first-order valence-electron chi connectivity index (χ1n) is 10.4. The Labute approximate surface area is 199 Å². The van der Waals surface area contributed by atoms with Crippen molar-refractivity contribution in [2.45, 2.75) is 13.8 Å². The van der Waals surface area contributed by atoms with Gasteiger partial charge in [0, 0.05) is 28.4 Å². The van der Waals surface area contributed by atoms with Crippen LogP contribution in [0.25, 0.3) is 22.6 Å². The minimum atomic E-state index is -0.543. The number of hydrogen-bond acceptors (Lipinski definition) is 7. The summed E-state index contributed by atoms with van der Waals surface area (Å²) < 4.78 is 11.3. The normalized spacial score (nSPS) is 10.6. The fraction of sp³-hybridized carbons (Fsp3) is 0.125. The monoisotopic (exact) mass is 476 g/mol. The van der Waals surface area contributed by atoms with Gasteiger partial charge in [0.05, 0.1) is 11.5 Å². The van der Waals surface area contributed by atoms with Crippen LogP contribution in [0.3, 0.4) is 0 Å². The molecule has 9 nitrogen and oxygen atoms in total. The summed E-state index contributed by atoms with van der Waals surface area (Å²) in [6.45, 7) is 4.03. The molecule has 0 spiro atoms. The number of oxazole rings is 1. The van der Waals surface area contributed by atoms with E-state index in [0.717, 1.165) is 11.3 Å². The van der Waals surface area contributed by atoms with Crippen molar-refractivity contribution >= 4 is 45.7 Å². The summed E-state index contributed by atoms with van der Waals surface area (Å²) in [5.41, 5.74) is 2.91. The lowest BCUT2D eigenvalue weighted by Gasteiger charge is -2.11. The second kappa shape index (κ2) is 9.67. The average molecular weight is 477 g/mol. The van der Waals surface area contributed by atoms with Crippen molar-refractivity contribution in [2.24, 2.45) is 0 Å². The molecule has 2 N–H and O–H groups in total. The van der Waals surface area contributed by atoms with Crippen molar-refractivity contribution in [2.75, 3.05) is 11.9 Å². The van der Waals surface area contributed by atoms with Gasteiger partial charge in [0.1, 0.15) is 11.3 Å². The maximum atomic E-state index is 12.6. The van der Waals surface area contributed by atoms with Gasteiger partial charge in [-0.3, -0.25) is 20.2 Å². The Bertz CT molecular complexity index is 1400. The molecule has 1 heterocycles. The molecule has 0 saturated carbocycles. The molecule has 0 aliphatic rings. The van der Waals surface area contributed by atoms with Crippen LogP contribution >= 0.6 is 12.2 Å². The smallest absolute Gasteiger partial charge is 0.273 e. The van der Waals surface area contributed by atoms with Gasteiger partial charge in [-0.2, -0.15) is 0 Å². The predicted octanol–water partition coefficient (Wildman–Crippen LogP) is 5.24. The maximum absolute atomic E-state index is 12.6. The van der Waals surface area contributed by atoms with Crippen molar-refractivity contribution < 1.29 is 18.9 Å². The molecule has 4 rings (SSSR count). The number of nitro groups is 1. The Morgan fingerprint density at radius 3 is 2.65 bits per heavy atom. The number of fused-ring (bicyclic) bond motifs is 1. The van der Waals surface area contributed by atoms with E-state index in [1.54, 1.807) is 18.2 Å². The van der Waals surface area contributed by atoms with Gasteiger partial charge in [-0.1, -0.05) is 6.07 Å². The molecular weight excluding hydrogens is 456 g/mol. The molecule has 0 aliphatic heterocycles. The molecule has 4 aromatic rings. The van der Waals surface area contributed by atoms with Gasteiger partial charge in [0.2, 0.25) is 5.89 Å². The average Bonchev–Trinajstić information content (AvgIpc) is 3.23. The Balaban J connectivity index is 1.47. The van der Waals surface area contributed by atoms with E-state index in [1.807, 2.05) is 31.2 Å². The number of nitrogens with one attached hydrogen (secondary N) is 2. The van der Waals surface area contributed by atoms with Gasteiger partial charge in [0.15, 0.2) is 10.7 Å². The van der Waals surface area contributed by atoms with E-state index in [0.29, 0.717) is 29.3 Å². The van der Waals surface area contributed by atoms with Crippen LogP contribution in [0.1, 0.15) is 22.8 Å². The van der Waals surface area contributed by atoms with Crippen LogP contribution in [-0.4, -0.2) is 27.5 Å². The van der Waals surface area contributed by atoms with Crippen LogP contribution in [-0.2, 0) is 0 Å². The van der Waals surface area contributed by atoms with Gasteiger partial charge in [-0.25, -0.2) is 4.98 Å². The Morgan fingerprint density at radius 1 is 1.18 bits per heavy atom. The van der Waals surface area contributed by atoms with Crippen molar-refractivity contribution in [3.8, 4) is 17.2 Å². The van der Waals surface area contributed by atoms with E-state index >= 15 is 0 Å². The molecule has 3 aromatic carbocycles. The lowest BCUT2D eigenvalue weighted by molar-refractivity contribution is -0.385. The molecule has 0 unspecified atom stereocenters. The number of aromatic nitrogens is 1. The molecular formula is C24H20N4O5S. The Hall–Kier alpha value is -4.31. The van der Waals surface area contributed by atoms with E-state index in [1.165, 1.54) is 25.1 Å². The zero-order valence-electron chi connectivity index (χ0n) is 18.3. The molecule has 1 aromatic heterocycles. The third-order valence-corrected chi connectivity index (χ3v) is 5.24. The SMILES string of the molecule is CCOc1ccc(-c2nc3cc(NC(=S)NC(=O)c4cccc([N+](=O)[O-])c4C)ccc3o2)cc1. The van der Waals surface area contributed by atoms with Crippen LogP contribution < -0.4 is 15.4 Å². The van der Waals surface area contributed by atoms with Gasteiger partial charge < -0.3 is 14.5 Å². The van der Waals surface area contributed by atoms with Crippen LogP contribution in [0.15, 0.2) is 65.1 Å². The summed E-state index contributed by atoms with van der Waals surface area (Å²) in [5, 5.41) is 16.6. The predicted molar refractivity (Wildman–Crippen MR) is 132 cm³/mol. The Kier molecular flexibility index (Phi) is 6.51. The summed E-state index contributed by atoms with van der Waals surface area (Å²) in [4.78, 5) is 27.7. The van der Waals surface area contributed by atoms with Crippen molar-refractivity contribution in [3.63, 3.8) is 0 Å². The third kappa shape index (κ3) is 4.86. The van der Waals surface area contributed by atoms with E-state index in [-0.39, 0.29) is 21.9 Å². The summed E-state index contributed by atoms with van der Waals surface area (Å²) >= 11 is 5.25. The lowest BCUT2D eigenvalue weighted by Crippen LogP contribution is -2.34. The van der Waals surface area contributed by atoms with Crippen molar-refractivity contribution in [1.82, 2.24) is 10.3 Å². The fourth-order valence-corrected chi connectivity index (χ4v) is 3.60. The number of benzene rings is 3. The Morgan fingerprint density at radius 2 is 1.94 bits per heavy atom. The quantitative estimate of drug-likeness (QED) is 0.220. The number of ether oxygens (including phenoxy) is 1. The molecule has 10 heteroatoms. The highest BCUT2D eigenvalue weighted by molar-refractivity contribution is 7.80. The highest BCUT2D eigenvalue weighted by atomic mass is 32.1. The molecule has 0 bridgehead atoms. The minimum Gasteiger partial charge on any atom is -0.494 e. The second-order valence-corrected chi connectivity index (χ2v) is 7.68. The van der Waals surface area contributed by atoms with Gasteiger partial charge >= 0.3 is 0 Å². The maximum Gasteiger partial charge on any atom is 0.273 e. The van der Waals surface area contributed by atoms with Crippen LogP contribution in [0, 0.1) is 17.0 Å². The molecule has 1 amide bonds. The summed E-state index contributed by atoms with van der Waals surface area (Å²) in [6.07, 6.45) is 0. The van der Waals surface area contributed by atoms with E-state index in [9.17, 15) is 14.9 Å². The van der Waals surface area contributed by atoms with Gasteiger partial charge in [0.25, 0.3) is 11.6 Å². The van der Waals surface area contributed by atoms with E-state index in [2.05, 4.69) is 15.6 Å². The first-order valence-corrected chi connectivity index (χ1v) is 10.8. The number of nitro benzene ring substituents is 1. The van der Waals surface area contributed by atoms with Crippen molar-refractivity contribution in [3.05, 3.63) is 81.9 Å². The number of hydrogen-bond donors (Lipinski definition) is 2. The lowest BCUT2D eigenvalue weighted by atomic mass is 10.1. The highest BCUT2D eigenvalue weighted by Gasteiger charge is 2.19. The minimum absolute atomic E-state index is 0.0467. The number of anilines is 1. The second-order valence-electron chi connectivity index (χ2n) is 7.27. The molecule has 34 heavy (non-hydrogen) atoms. The topological polar surface area (TPSA) is 120 Å². The molecule has 172 valence electrons. The fourth-order valence-electron chi connectivity index (χ4n) is 3.39. The molecule has 0 atom stereocenters. The molecule has 0 saturated heterocycles. The van der Waals surface area contributed by atoms with Crippen LogP contribution in [0.2, 0.25) is 0 Å². The number of amides is 1. The summed E-state index contributed by atoms with van der Waals surface area (Å²) in [7, 11) is 0. The number of rotatable bonds is 6. The number of carbonyl (C=O) groups is 1. The standard InChI is InChI=1S/C24H20N4O5S/c1-3-32-17-10-7-15(8-11-17)23-26-19-13-16(9-12-21(19)33-23)25-24(34)27-22(29)18-5-4-6-20(14(18)2)28(30)31/h4-13H,3H2,1-2H3,(H2,25,27,29,34).